The lowest BCUT2D eigenvalue weighted by Gasteiger charge is -2.58. The van der Waals surface area contributed by atoms with Crippen LogP contribution in [0.5, 0.6) is 5.88 Å². The molecule has 0 saturated heterocycles. The van der Waals surface area contributed by atoms with Crippen molar-refractivity contribution < 1.29 is 9.84 Å². The molecule has 1 N–H and O–H groups in total. The van der Waals surface area contributed by atoms with Gasteiger partial charge in [0.25, 0.3) is 0 Å². The number of hydrogen-bond donors (Lipinski definition) is 1. The molecule has 1 aromatic heterocycles. The van der Waals surface area contributed by atoms with Gasteiger partial charge in [0.05, 0.1) is 12.7 Å². The van der Waals surface area contributed by atoms with Crippen LogP contribution in [0.1, 0.15) is 77.7 Å². The van der Waals surface area contributed by atoms with Crippen molar-refractivity contribution in [3.8, 4) is 5.88 Å². The minimum Gasteiger partial charge on any atom is -0.477 e. The Kier molecular flexibility index (Phi) is 5.48. The monoisotopic (exact) mass is 423 g/mol. The Morgan fingerprint density at radius 3 is 2.81 bits per heavy atom. The smallest absolute Gasteiger partial charge is 0.213 e. The summed E-state index contributed by atoms with van der Waals surface area (Å²) in [6, 6.07) is 4.07. The van der Waals surface area contributed by atoms with Gasteiger partial charge < -0.3 is 9.84 Å². The summed E-state index contributed by atoms with van der Waals surface area (Å²) < 4.78 is 6.14. The molecule has 4 aliphatic carbocycles. The third-order valence-electron chi connectivity index (χ3n) is 10.2. The normalized spacial score (nSPS) is 42.7. The van der Waals surface area contributed by atoms with E-state index in [2.05, 4.69) is 38.8 Å². The average Bonchev–Trinajstić information content (AvgIpc) is 3.10. The van der Waals surface area contributed by atoms with Crippen molar-refractivity contribution in [3.05, 3.63) is 35.5 Å². The number of aromatic nitrogens is 1. The van der Waals surface area contributed by atoms with Gasteiger partial charge in [-0.15, -0.1) is 0 Å². The summed E-state index contributed by atoms with van der Waals surface area (Å²) >= 11 is 0. The molecule has 170 valence electrons. The Bertz CT molecular complexity index is 849. The highest BCUT2D eigenvalue weighted by Crippen LogP contribution is 2.67. The minimum atomic E-state index is -0.107. The van der Waals surface area contributed by atoms with Crippen LogP contribution in [0, 0.1) is 47.3 Å². The molecule has 8 atom stereocenters. The van der Waals surface area contributed by atoms with Crippen LogP contribution in [0.3, 0.4) is 0 Å². The summed E-state index contributed by atoms with van der Waals surface area (Å²) in [5, 5.41) is 10.2. The quantitative estimate of drug-likeness (QED) is 0.574. The molecule has 3 nitrogen and oxygen atoms in total. The van der Waals surface area contributed by atoms with Crippen LogP contribution in [0.4, 0.5) is 0 Å². The third-order valence-corrected chi connectivity index (χ3v) is 10.2. The van der Waals surface area contributed by atoms with Crippen LogP contribution in [0.2, 0.25) is 0 Å². The van der Waals surface area contributed by atoms with E-state index in [-0.39, 0.29) is 6.10 Å². The Hall–Kier alpha value is -1.35. The standard InChI is InChI=1S/C28H41NO2/c1-18-11-14-29-26(15-18)31-17-19(2)23-7-8-24-22-6-5-20-16-21(30)9-12-27(20,3)25(22)10-13-28(23,24)4/h5,11,14-15,19,21-25,30H,6-10,12-13,16-17H2,1-4H3/t19-,21+,22?,23-,24+,25+,27+,28-/m1/s1. The predicted molar refractivity (Wildman–Crippen MR) is 125 cm³/mol. The van der Waals surface area contributed by atoms with Crippen LogP contribution in [0.25, 0.3) is 0 Å². The molecule has 4 aliphatic rings. The number of allylic oxidation sites excluding steroid dienone is 1. The molecule has 1 aromatic rings. The summed E-state index contributed by atoms with van der Waals surface area (Å²) in [4.78, 5) is 4.40. The molecule has 3 fully saturated rings. The average molecular weight is 424 g/mol. The Morgan fingerprint density at radius 1 is 1.16 bits per heavy atom. The van der Waals surface area contributed by atoms with Gasteiger partial charge in [0, 0.05) is 12.3 Å². The van der Waals surface area contributed by atoms with Crippen molar-refractivity contribution >= 4 is 0 Å². The molecule has 0 spiro atoms. The maximum absolute atomic E-state index is 10.2. The van der Waals surface area contributed by atoms with Gasteiger partial charge in [0.1, 0.15) is 0 Å². The Morgan fingerprint density at radius 2 is 2.00 bits per heavy atom. The summed E-state index contributed by atoms with van der Waals surface area (Å²) in [5.41, 5.74) is 3.57. The summed E-state index contributed by atoms with van der Waals surface area (Å²) in [7, 11) is 0. The van der Waals surface area contributed by atoms with Gasteiger partial charge in [-0.1, -0.05) is 32.4 Å². The first-order valence-electron chi connectivity index (χ1n) is 12.7. The number of aliphatic hydroxyl groups is 1. The Balaban J connectivity index is 1.31. The van der Waals surface area contributed by atoms with E-state index in [9.17, 15) is 5.11 Å². The molecule has 5 rings (SSSR count). The lowest BCUT2D eigenvalue weighted by molar-refractivity contribution is -0.0592. The zero-order valence-corrected chi connectivity index (χ0v) is 19.9. The lowest BCUT2D eigenvalue weighted by Crippen LogP contribution is -2.51. The first-order chi connectivity index (χ1) is 14.8. The molecular formula is C28H41NO2. The second-order valence-corrected chi connectivity index (χ2v) is 11.8. The minimum absolute atomic E-state index is 0.107. The number of rotatable bonds is 4. The molecule has 0 radical (unpaired) electrons. The topological polar surface area (TPSA) is 42.4 Å². The van der Waals surface area contributed by atoms with E-state index in [1.54, 1.807) is 5.57 Å². The highest BCUT2D eigenvalue weighted by Gasteiger charge is 2.59. The van der Waals surface area contributed by atoms with Crippen molar-refractivity contribution in [2.24, 2.45) is 40.4 Å². The molecule has 1 heterocycles. The molecule has 0 aromatic carbocycles. The van der Waals surface area contributed by atoms with E-state index in [0.29, 0.717) is 16.7 Å². The largest absolute Gasteiger partial charge is 0.477 e. The van der Waals surface area contributed by atoms with Gasteiger partial charge in [-0.05, 0) is 110 Å². The SMILES string of the molecule is Cc1ccnc(OC[C@@H](C)[C@H]2CC[C@H]3C4CC=C5C[C@@H](O)CC[C@]5(C)[C@H]4CC[C@]23C)c1. The summed E-state index contributed by atoms with van der Waals surface area (Å²) in [6.07, 6.45) is 14.1. The number of fused-ring (bicyclic) bond motifs is 5. The fourth-order valence-corrected chi connectivity index (χ4v) is 8.54. The molecule has 3 saturated carbocycles. The molecule has 1 unspecified atom stereocenters. The molecule has 0 amide bonds. The number of ether oxygens (including phenoxy) is 1. The third kappa shape index (κ3) is 3.56. The van der Waals surface area contributed by atoms with E-state index >= 15 is 0 Å². The van der Waals surface area contributed by atoms with Gasteiger partial charge in [0.2, 0.25) is 5.88 Å². The first kappa shape index (κ1) is 21.5. The predicted octanol–water partition coefficient (Wildman–Crippen LogP) is 6.34. The van der Waals surface area contributed by atoms with Crippen LogP contribution in [0.15, 0.2) is 30.0 Å². The second kappa shape index (κ2) is 7.90. The van der Waals surface area contributed by atoms with Gasteiger partial charge in [-0.2, -0.15) is 0 Å². The molecule has 0 aliphatic heterocycles. The molecule has 0 bridgehead atoms. The molecule has 3 heteroatoms. The molecular weight excluding hydrogens is 382 g/mol. The van der Waals surface area contributed by atoms with Crippen LogP contribution in [-0.4, -0.2) is 22.8 Å². The number of nitrogens with zero attached hydrogens (tertiary/aromatic N) is 1. The first-order valence-corrected chi connectivity index (χ1v) is 12.7. The highest BCUT2D eigenvalue weighted by molar-refractivity contribution is 5.25. The van der Waals surface area contributed by atoms with Crippen molar-refractivity contribution in [2.75, 3.05) is 6.61 Å². The second-order valence-electron chi connectivity index (χ2n) is 11.8. The van der Waals surface area contributed by atoms with Crippen molar-refractivity contribution in [2.45, 2.75) is 85.2 Å². The van der Waals surface area contributed by atoms with E-state index in [4.69, 9.17) is 4.74 Å². The van der Waals surface area contributed by atoms with Crippen molar-refractivity contribution in [3.63, 3.8) is 0 Å². The van der Waals surface area contributed by atoms with Crippen LogP contribution < -0.4 is 4.74 Å². The zero-order valence-electron chi connectivity index (χ0n) is 19.9. The van der Waals surface area contributed by atoms with E-state index in [1.807, 2.05) is 18.3 Å². The van der Waals surface area contributed by atoms with Gasteiger partial charge in [-0.25, -0.2) is 4.98 Å². The maximum Gasteiger partial charge on any atom is 0.213 e. The van der Waals surface area contributed by atoms with Crippen molar-refractivity contribution in [1.29, 1.82) is 0 Å². The fourth-order valence-electron chi connectivity index (χ4n) is 8.54. The zero-order chi connectivity index (χ0) is 21.8. The highest BCUT2D eigenvalue weighted by atomic mass is 16.5. The van der Waals surface area contributed by atoms with Gasteiger partial charge in [-0.3, -0.25) is 0 Å². The number of pyridine rings is 1. The Labute approximate surface area is 188 Å². The van der Waals surface area contributed by atoms with E-state index < -0.39 is 0 Å². The molecule has 31 heavy (non-hydrogen) atoms. The van der Waals surface area contributed by atoms with Crippen molar-refractivity contribution in [1.82, 2.24) is 4.98 Å². The summed E-state index contributed by atoms with van der Waals surface area (Å²) in [6.45, 7) is 10.4. The van der Waals surface area contributed by atoms with E-state index in [1.165, 1.54) is 44.1 Å². The van der Waals surface area contributed by atoms with Crippen LogP contribution >= 0.6 is 0 Å². The lowest BCUT2D eigenvalue weighted by atomic mass is 9.47. The number of aryl methyl sites for hydroxylation is 1. The number of hydrogen-bond acceptors (Lipinski definition) is 3. The number of aliphatic hydroxyl groups excluding tert-OH is 1. The van der Waals surface area contributed by atoms with Crippen LogP contribution in [-0.2, 0) is 0 Å². The van der Waals surface area contributed by atoms with Gasteiger partial charge >= 0.3 is 0 Å². The maximum atomic E-state index is 10.2. The fraction of sp³-hybridized carbons (Fsp3) is 0.750. The van der Waals surface area contributed by atoms with E-state index in [0.717, 1.165) is 49.0 Å². The van der Waals surface area contributed by atoms with Gasteiger partial charge in [0.15, 0.2) is 0 Å². The summed E-state index contributed by atoms with van der Waals surface area (Å²) in [5.74, 6) is 4.57.